The number of carbonyl (C=O) groups excluding carboxylic acids is 2. The largest absolute Gasteiger partial charge is 0.354 e. The molecule has 0 aliphatic rings. The van der Waals surface area contributed by atoms with Gasteiger partial charge in [0.05, 0.1) is 10.6 Å². The van der Waals surface area contributed by atoms with Gasteiger partial charge < -0.3 is 10.2 Å². The lowest BCUT2D eigenvalue weighted by atomic mass is 10.1. The van der Waals surface area contributed by atoms with Crippen LogP contribution in [0.15, 0.2) is 83.8 Å². The number of sulfonamides is 1. The number of hydrogen-bond donors (Lipinski definition) is 1. The highest BCUT2D eigenvalue weighted by Crippen LogP contribution is 2.28. The lowest BCUT2D eigenvalue weighted by Crippen LogP contribution is -2.52. The van der Waals surface area contributed by atoms with Crippen molar-refractivity contribution in [3.05, 3.63) is 95.6 Å². The topological polar surface area (TPSA) is 86.8 Å². The summed E-state index contributed by atoms with van der Waals surface area (Å²) in [5, 5.41) is 2.95. The smallest absolute Gasteiger partial charge is 0.264 e. The molecule has 0 saturated heterocycles. The molecule has 8 heteroatoms. The summed E-state index contributed by atoms with van der Waals surface area (Å²) < 4.78 is 29.0. The summed E-state index contributed by atoms with van der Waals surface area (Å²) in [6, 6.07) is 22.2. The number of nitrogens with one attached hydrogen (secondary N) is 1. The monoisotopic (exact) mass is 549 g/mol. The van der Waals surface area contributed by atoms with Crippen LogP contribution in [0, 0.1) is 19.8 Å². The molecule has 0 aliphatic carbocycles. The van der Waals surface area contributed by atoms with Crippen LogP contribution in [0.5, 0.6) is 0 Å². The third-order valence-electron chi connectivity index (χ3n) is 6.50. The molecular weight excluding hydrogens is 510 g/mol. The molecule has 0 unspecified atom stereocenters. The van der Waals surface area contributed by atoms with E-state index in [-0.39, 0.29) is 23.3 Å². The molecule has 0 aliphatic heterocycles. The zero-order chi connectivity index (χ0) is 28.6. The van der Waals surface area contributed by atoms with Gasteiger partial charge in [0.15, 0.2) is 0 Å². The van der Waals surface area contributed by atoms with Crippen molar-refractivity contribution in [2.45, 2.75) is 58.5 Å². The summed E-state index contributed by atoms with van der Waals surface area (Å²) in [5.74, 6) is -0.454. The first-order chi connectivity index (χ1) is 18.5. The van der Waals surface area contributed by atoms with Gasteiger partial charge in [0.25, 0.3) is 10.0 Å². The van der Waals surface area contributed by atoms with Crippen molar-refractivity contribution in [3.8, 4) is 0 Å². The molecule has 0 fully saturated rings. The molecule has 0 bridgehead atoms. The van der Waals surface area contributed by atoms with Crippen LogP contribution in [0.4, 0.5) is 5.69 Å². The molecule has 3 rings (SSSR count). The summed E-state index contributed by atoms with van der Waals surface area (Å²) in [7, 11) is -4.08. The average molecular weight is 550 g/mol. The molecule has 3 aromatic carbocycles. The second-order valence-corrected chi connectivity index (χ2v) is 12.0. The molecule has 0 radical (unpaired) electrons. The fraction of sp³-hybridized carbons (Fsp3) is 0.355. The van der Waals surface area contributed by atoms with Crippen molar-refractivity contribution in [1.29, 1.82) is 0 Å². The van der Waals surface area contributed by atoms with Gasteiger partial charge in [0, 0.05) is 13.1 Å². The summed E-state index contributed by atoms with van der Waals surface area (Å²) in [5.41, 5.74) is 3.00. The Morgan fingerprint density at radius 1 is 0.897 bits per heavy atom. The van der Waals surface area contributed by atoms with Crippen molar-refractivity contribution in [1.82, 2.24) is 10.2 Å². The zero-order valence-corrected chi connectivity index (χ0v) is 24.2. The number of amides is 2. The van der Waals surface area contributed by atoms with Crippen molar-refractivity contribution in [2.75, 3.05) is 17.4 Å². The van der Waals surface area contributed by atoms with Gasteiger partial charge in [-0.2, -0.15) is 0 Å². The van der Waals surface area contributed by atoms with E-state index in [0.717, 1.165) is 21.0 Å². The maximum Gasteiger partial charge on any atom is 0.264 e. The standard InChI is InChI=1S/C31H39N3O4S/c1-6-28(31(36)32-20-23(2)3)33(21-26-13-9-7-10-14-26)30(35)22-34(29-18-17-24(4)19-25(29)5)39(37,38)27-15-11-8-12-16-27/h7-19,23,28H,6,20-22H2,1-5H3,(H,32,36)/t28-/m0/s1. The average Bonchev–Trinajstić information content (AvgIpc) is 2.91. The Morgan fingerprint density at radius 3 is 2.08 bits per heavy atom. The molecule has 3 aromatic rings. The Balaban J connectivity index is 2.05. The third kappa shape index (κ3) is 7.69. The van der Waals surface area contributed by atoms with Gasteiger partial charge in [-0.05, 0) is 55.5 Å². The Hall–Kier alpha value is -3.65. The van der Waals surface area contributed by atoms with Gasteiger partial charge in [0.1, 0.15) is 12.6 Å². The van der Waals surface area contributed by atoms with Crippen LogP contribution >= 0.6 is 0 Å². The van der Waals surface area contributed by atoms with Gasteiger partial charge >= 0.3 is 0 Å². The molecule has 0 heterocycles. The van der Waals surface area contributed by atoms with Crippen LogP contribution in [0.2, 0.25) is 0 Å². The van der Waals surface area contributed by atoms with E-state index in [2.05, 4.69) is 5.32 Å². The number of rotatable bonds is 12. The first-order valence-corrected chi connectivity index (χ1v) is 14.7. The Kier molecular flexibility index (Phi) is 10.3. The highest BCUT2D eigenvalue weighted by atomic mass is 32.2. The van der Waals surface area contributed by atoms with Crippen LogP contribution < -0.4 is 9.62 Å². The highest BCUT2D eigenvalue weighted by Gasteiger charge is 2.34. The quantitative estimate of drug-likeness (QED) is 0.341. The minimum Gasteiger partial charge on any atom is -0.354 e. The number of anilines is 1. The number of carbonyl (C=O) groups is 2. The zero-order valence-electron chi connectivity index (χ0n) is 23.4. The van der Waals surface area contributed by atoms with Gasteiger partial charge in [-0.3, -0.25) is 13.9 Å². The fourth-order valence-corrected chi connectivity index (χ4v) is 5.94. The first-order valence-electron chi connectivity index (χ1n) is 13.3. The molecule has 1 atom stereocenters. The Labute approximate surface area is 232 Å². The predicted molar refractivity (Wildman–Crippen MR) is 156 cm³/mol. The van der Waals surface area contributed by atoms with Crippen LogP contribution in [-0.2, 0) is 26.2 Å². The molecule has 1 N–H and O–H groups in total. The first kappa shape index (κ1) is 29.9. The van der Waals surface area contributed by atoms with Crippen LogP contribution in [0.1, 0.15) is 43.9 Å². The molecule has 0 saturated carbocycles. The van der Waals surface area contributed by atoms with Gasteiger partial charge in [-0.1, -0.05) is 87.0 Å². The minimum absolute atomic E-state index is 0.0918. The van der Waals surface area contributed by atoms with Crippen molar-refractivity contribution in [2.24, 2.45) is 5.92 Å². The molecule has 39 heavy (non-hydrogen) atoms. The van der Waals surface area contributed by atoms with Gasteiger partial charge in [0.2, 0.25) is 11.8 Å². The second kappa shape index (κ2) is 13.4. The summed E-state index contributed by atoms with van der Waals surface area (Å²) >= 11 is 0. The Bertz CT molecular complexity index is 1360. The minimum atomic E-state index is -4.08. The van der Waals surface area contributed by atoms with Crippen molar-refractivity contribution < 1.29 is 18.0 Å². The van der Waals surface area contributed by atoms with E-state index < -0.39 is 28.5 Å². The van der Waals surface area contributed by atoms with Crippen LogP contribution in [-0.4, -0.2) is 44.3 Å². The summed E-state index contributed by atoms with van der Waals surface area (Å²) in [4.78, 5) is 28.9. The van der Waals surface area contributed by atoms with Crippen molar-refractivity contribution in [3.63, 3.8) is 0 Å². The SMILES string of the molecule is CC[C@@H](C(=O)NCC(C)C)N(Cc1ccccc1)C(=O)CN(c1ccc(C)cc1C)S(=O)(=O)c1ccccc1. The third-order valence-corrected chi connectivity index (χ3v) is 8.27. The number of aryl methyl sites for hydroxylation is 2. The van der Waals surface area contributed by atoms with E-state index in [4.69, 9.17) is 0 Å². The lowest BCUT2D eigenvalue weighted by molar-refractivity contribution is -0.140. The van der Waals surface area contributed by atoms with E-state index in [1.807, 2.05) is 77.1 Å². The van der Waals surface area contributed by atoms with E-state index >= 15 is 0 Å². The molecular formula is C31H39N3O4S. The van der Waals surface area contributed by atoms with Gasteiger partial charge in [-0.25, -0.2) is 8.42 Å². The highest BCUT2D eigenvalue weighted by molar-refractivity contribution is 7.92. The predicted octanol–water partition coefficient (Wildman–Crippen LogP) is 5.08. The lowest BCUT2D eigenvalue weighted by Gasteiger charge is -2.33. The second-order valence-electron chi connectivity index (χ2n) is 10.2. The summed E-state index contributed by atoms with van der Waals surface area (Å²) in [6.45, 7) is 9.85. The normalized spacial score (nSPS) is 12.2. The van der Waals surface area contributed by atoms with E-state index in [9.17, 15) is 18.0 Å². The molecule has 208 valence electrons. The molecule has 0 aromatic heterocycles. The fourth-order valence-electron chi connectivity index (χ4n) is 4.44. The molecule has 0 spiro atoms. The maximum atomic E-state index is 14.1. The van der Waals surface area contributed by atoms with E-state index in [1.54, 1.807) is 24.3 Å². The summed E-state index contributed by atoms with van der Waals surface area (Å²) in [6.07, 6.45) is 0.386. The number of hydrogen-bond acceptors (Lipinski definition) is 4. The maximum absolute atomic E-state index is 14.1. The molecule has 2 amide bonds. The van der Waals surface area contributed by atoms with Crippen LogP contribution in [0.3, 0.4) is 0 Å². The molecule has 7 nitrogen and oxygen atoms in total. The van der Waals surface area contributed by atoms with Crippen LogP contribution in [0.25, 0.3) is 0 Å². The van der Waals surface area contributed by atoms with Crippen molar-refractivity contribution >= 4 is 27.5 Å². The van der Waals surface area contributed by atoms with E-state index in [0.29, 0.717) is 18.7 Å². The number of benzene rings is 3. The van der Waals surface area contributed by atoms with Gasteiger partial charge in [-0.15, -0.1) is 0 Å². The Morgan fingerprint density at radius 2 is 1.51 bits per heavy atom. The number of nitrogens with zero attached hydrogens (tertiary/aromatic N) is 2. The van der Waals surface area contributed by atoms with E-state index in [1.165, 1.54) is 17.0 Å².